The van der Waals surface area contributed by atoms with E-state index < -0.39 is 17.7 Å². The number of rotatable bonds is 2. The highest BCUT2D eigenvalue weighted by molar-refractivity contribution is 6.33. The van der Waals surface area contributed by atoms with Gasteiger partial charge in [-0.15, -0.1) is 13.2 Å². The second kappa shape index (κ2) is 4.93. The Morgan fingerprint density at radius 3 is 2.63 bits per heavy atom. The SMILES string of the molecule is O=c1[nH]cncc1-c1cc(OC(F)(F)F)ccc1Cl. The van der Waals surface area contributed by atoms with Crippen molar-refractivity contribution in [2.45, 2.75) is 6.36 Å². The van der Waals surface area contributed by atoms with Crippen molar-refractivity contribution in [1.29, 1.82) is 0 Å². The minimum atomic E-state index is -4.81. The van der Waals surface area contributed by atoms with Crippen molar-refractivity contribution in [1.82, 2.24) is 9.97 Å². The number of nitrogens with zero attached hydrogens (tertiary/aromatic N) is 1. The molecule has 4 nitrogen and oxygen atoms in total. The Morgan fingerprint density at radius 2 is 2.00 bits per heavy atom. The van der Waals surface area contributed by atoms with Crippen LogP contribution in [0.2, 0.25) is 5.02 Å². The van der Waals surface area contributed by atoms with Gasteiger partial charge in [0.15, 0.2) is 0 Å². The van der Waals surface area contributed by atoms with E-state index >= 15 is 0 Å². The Balaban J connectivity index is 2.49. The molecule has 1 N–H and O–H groups in total. The van der Waals surface area contributed by atoms with Crippen LogP contribution in [0.5, 0.6) is 5.75 Å². The Morgan fingerprint density at radius 1 is 1.26 bits per heavy atom. The first kappa shape index (κ1) is 13.4. The zero-order chi connectivity index (χ0) is 14.0. The van der Waals surface area contributed by atoms with Crippen LogP contribution < -0.4 is 10.3 Å². The molecular formula is C11H6ClF3N2O2. The van der Waals surface area contributed by atoms with E-state index in [0.29, 0.717) is 0 Å². The third-order valence-electron chi connectivity index (χ3n) is 2.18. The van der Waals surface area contributed by atoms with E-state index in [1.54, 1.807) is 0 Å². The lowest BCUT2D eigenvalue weighted by molar-refractivity contribution is -0.274. The normalized spacial score (nSPS) is 11.4. The first-order chi connectivity index (χ1) is 8.87. The largest absolute Gasteiger partial charge is 0.573 e. The van der Waals surface area contributed by atoms with Gasteiger partial charge in [-0.1, -0.05) is 11.6 Å². The fourth-order valence-corrected chi connectivity index (χ4v) is 1.66. The highest BCUT2D eigenvalue weighted by Gasteiger charge is 2.31. The van der Waals surface area contributed by atoms with Crippen molar-refractivity contribution in [3.8, 4) is 16.9 Å². The number of aromatic nitrogens is 2. The van der Waals surface area contributed by atoms with Gasteiger partial charge in [0.05, 0.1) is 11.9 Å². The first-order valence-corrected chi connectivity index (χ1v) is 5.33. The van der Waals surface area contributed by atoms with E-state index in [2.05, 4.69) is 14.7 Å². The topological polar surface area (TPSA) is 55.0 Å². The minimum absolute atomic E-state index is 0.0557. The number of halogens is 4. The number of hydrogen-bond acceptors (Lipinski definition) is 3. The smallest absolute Gasteiger partial charge is 0.406 e. The van der Waals surface area contributed by atoms with E-state index in [9.17, 15) is 18.0 Å². The maximum atomic E-state index is 12.1. The van der Waals surface area contributed by atoms with Crippen LogP contribution in [0, 0.1) is 0 Å². The van der Waals surface area contributed by atoms with E-state index in [4.69, 9.17) is 11.6 Å². The summed E-state index contributed by atoms with van der Waals surface area (Å²) in [7, 11) is 0. The van der Waals surface area contributed by atoms with Crippen LogP contribution in [-0.4, -0.2) is 16.3 Å². The van der Waals surface area contributed by atoms with E-state index in [-0.39, 0.29) is 16.1 Å². The molecule has 0 radical (unpaired) electrons. The predicted molar refractivity (Wildman–Crippen MR) is 62.0 cm³/mol. The zero-order valence-electron chi connectivity index (χ0n) is 9.16. The summed E-state index contributed by atoms with van der Waals surface area (Å²) in [4.78, 5) is 17.5. The zero-order valence-corrected chi connectivity index (χ0v) is 9.92. The highest BCUT2D eigenvalue weighted by atomic mass is 35.5. The van der Waals surface area contributed by atoms with E-state index in [1.165, 1.54) is 12.3 Å². The summed E-state index contributed by atoms with van der Waals surface area (Å²) in [5, 5.41) is 0.119. The average Bonchev–Trinajstić information content (AvgIpc) is 2.31. The molecule has 0 fully saturated rings. The second-order valence-corrected chi connectivity index (χ2v) is 3.89. The third kappa shape index (κ3) is 3.25. The molecular weight excluding hydrogens is 285 g/mol. The molecule has 0 saturated carbocycles. The highest BCUT2D eigenvalue weighted by Crippen LogP contribution is 2.31. The number of H-pyrrole nitrogens is 1. The molecule has 0 unspecified atom stereocenters. The fourth-order valence-electron chi connectivity index (χ4n) is 1.44. The van der Waals surface area contributed by atoms with Crippen molar-refractivity contribution < 1.29 is 17.9 Å². The molecule has 0 saturated heterocycles. The quantitative estimate of drug-likeness (QED) is 0.925. The van der Waals surface area contributed by atoms with E-state index in [0.717, 1.165) is 18.5 Å². The van der Waals surface area contributed by atoms with Crippen LogP contribution in [0.15, 0.2) is 35.5 Å². The molecule has 19 heavy (non-hydrogen) atoms. The summed E-state index contributed by atoms with van der Waals surface area (Å²) >= 11 is 5.86. The Hall–Kier alpha value is -2.02. The van der Waals surface area contributed by atoms with Gasteiger partial charge in [0.1, 0.15) is 5.75 Å². The molecule has 2 aromatic rings. The van der Waals surface area contributed by atoms with Crippen LogP contribution in [0.4, 0.5) is 13.2 Å². The minimum Gasteiger partial charge on any atom is -0.406 e. The molecule has 1 aromatic heterocycles. The molecule has 0 atom stereocenters. The van der Waals surface area contributed by atoms with Crippen LogP contribution in [0.1, 0.15) is 0 Å². The van der Waals surface area contributed by atoms with Gasteiger partial charge in [-0.2, -0.15) is 0 Å². The predicted octanol–water partition coefficient (Wildman–Crippen LogP) is 2.99. The van der Waals surface area contributed by atoms with Crippen LogP contribution in [0.25, 0.3) is 11.1 Å². The van der Waals surface area contributed by atoms with Crippen molar-refractivity contribution in [2.24, 2.45) is 0 Å². The summed E-state index contributed by atoms with van der Waals surface area (Å²) < 4.78 is 40.1. The molecule has 0 spiro atoms. The van der Waals surface area contributed by atoms with E-state index in [1.807, 2.05) is 0 Å². The number of nitrogens with one attached hydrogen (secondary N) is 1. The van der Waals surface area contributed by atoms with Gasteiger partial charge in [-0.05, 0) is 18.2 Å². The van der Waals surface area contributed by atoms with Gasteiger partial charge in [0, 0.05) is 16.8 Å². The summed E-state index contributed by atoms with van der Waals surface area (Å²) in [5.74, 6) is -0.463. The summed E-state index contributed by atoms with van der Waals surface area (Å²) in [6.45, 7) is 0. The number of aromatic amines is 1. The van der Waals surface area contributed by atoms with Gasteiger partial charge in [0.25, 0.3) is 5.56 Å². The number of alkyl halides is 3. The molecule has 0 amide bonds. The van der Waals surface area contributed by atoms with Crippen molar-refractivity contribution in [3.63, 3.8) is 0 Å². The van der Waals surface area contributed by atoms with Crippen molar-refractivity contribution in [3.05, 3.63) is 46.1 Å². The molecule has 1 heterocycles. The Bertz CT molecular complexity index is 655. The Labute approximate surface area is 109 Å². The maximum Gasteiger partial charge on any atom is 0.573 e. The Kier molecular flexibility index (Phi) is 3.48. The van der Waals surface area contributed by atoms with Crippen molar-refractivity contribution in [2.75, 3.05) is 0 Å². The fraction of sp³-hybridized carbons (Fsp3) is 0.0909. The van der Waals surface area contributed by atoms with Gasteiger partial charge in [-0.25, -0.2) is 4.98 Å². The van der Waals surface area contributed by atoms with Gasteiger partial charge >= 0.3 is 6.36 Å². The maximum absolute atomic E-state index is 12.1. The first-order valence-electron chi connectivity index (χ1n) is 4.95. The van der Waals surface area contributed by atoms with Gasteiger partial charge < -0.3 is 9.72 Å². The average molecular weight is 291 g/mol. The lowest BCUT2D eigenvalue weighted by atomic mass is 10.1. The molecule has 2 rings (SSSR count). The van der Waals surface area contributed by atoms with Gasteiger partial charge in [-0.3, -0.25) is 4.79 Å². The van der Waals surface area contributed by atoms with Gasteiger partial charge in [0.2, 0.25) is 0 Å². The van der Waals surface area contributed by atoms with Crippen molar-refractivity contribution >= 4 is 11.6 Å². The molecule has 1 aromatic carbocycles. The summed E-state index contributed by atoms with van der Waals surface area (Å²) in [6, 6.07) is 3.30. The number of hydrogen-bond donors (Lipinski definition) is 1. The molecule has 100 valence electrons. The molecule has 0 aliphatic heterocycles. The summed E-state index contributed by atoms with van der Waals surface area (Å²) in [5.41, 5.74) is -0.348. The summed E-state index contributed by atoms with van der Waals surface area (Å²) in [6.07, 6.45) is -2.44. The van der Waals surface area contributed by atoms with Crippen LogP contribution in [-0.2, 0) is 0 Å². The molecule has 0 aliphatic rings. The lowest BCUT2D eigenvalue weighted by Crippen LogP contribution is -2.17. The van der Waals surface area contributed by atoms with Crippen LogP contribution in [0.3, 0.4) is 0 Å². The number of benzene rings is 1. The number of ether oxygens (including phenoxy) is 1. The molecule has 0 bridgehead atoms. The standard InChI is InChI=1S/C11H6ClF3N2O2/c12-9-2-1-6(19-11(13,14)15)3-7(9)8-4-16-5-17-10(8)18/h1-5H,(H,16,17,18). The van der Waals surface area contributed by atoms with Crippen LogP contribution >= 0.6 is 11.6 Å². The third-order valence-corrected chi connectivity index (χ3v) is 2.51. The molecule has 8 heteroatoms. The molecule has 0 aliphatic carbocycles. The monoisotopic (exact) mass is 290 g/mol. The lowest BCUT2D eigenvalue weighted by Gasteiger charge is -2.10. The second-order valence-electron chi connectivity index (χ2n) is 3.48.